The van der Waals surface area contributed by atoms with E-state index < -0.39 is 0 Å². The van der Waals surface area contributed by atoms with E-state index in [0.717, 1.165) is 37.3 Å². The number of oxazole rings is 1. The molecule has 1 N–H and O–H groups in total. The monoisotopic (exact) mass is 270 g/mol. The van der Waals surface area contributed by atoms with Gasteiger partial charge in [0, 0.05) is 12.0 Å². The van der Waals surface area contributed by atoms with Crippen molar-refractivity contribution in [3.8, 4) is 0 Å². The molecule has 1 aliphatic rings. The summed E-state index contributed by atoms with van der Waals surface area (Å²) in [5.41, 5.74) is 1.50. The molecular formula is C12H12Cl2N2O. The van der Waals surface area contributed by atoms with Crippen molar-refractivity contribution < 1.29 is 4.42 Å². The summed E-state index contributed by atoms with van der Waals surface area (Å²) in [6.07, 6.45) is 2.13. The van der Waals surface area contributed by atoms with Gasteiger partial charge in [-0.15, -0.1) is 0 Å². The number of fused-ring (bicyclic) bond motifs is 1. The molecular weight excluding hydrogens is 259 g/mol. The highest BCUT2D eigenvalue weighted by Gasteiger charge is 2.21. The number of benzene rings is 1. The highest BCUT2D eigenvalue weighted by molar-refractivity contribution is 6.42. The molecule has 2 aromatic rings. The minimum atomic E-state index is 0.404. The molecule has 17 heavy (non-hydrogen) atoms. The van der Waals surface area contributed by atoms with Crippen LogP contribution in [0.25, 0.3) is 11.1 Å². The second kappa shape index (κ2) is 4.48. The maximum absolute atomic E-state index is 5.96. The topological polar surface area (TPSA) is 38.1 Å². The van der Waals surface area contributed by atoms with Gasteiger partial charge in [-0.2, -0.15) is 0 Å². The van der Waals surface area contributed by atoms with Gasteiger partial charge in [0.15, 0.2) is 11.5 Å². The molecule has 3 nitrogen and oxygen atoms in total. The zero-order chi connectivity index (χ0) is 11.8. The van der Waals surface area contributed by atoms with Crippen LogP contribution in [0, 0.1) is 0 Å². The molecule has 5 heteroatoms. The Morgan fingerprint density at radius 1 is 1.18 bits per heavy atom. The lowest BCUT2D eigenvalue weighted by atomic mass is 9.98. The normalized spacial score (nSPS) is 17.8. The highest BCUT2D eigenvalue weighted by atomic mass is 35.5. The van der Waals surface area contributed by atoms with Crippen LogP contribution in [0.15, 0.2) is 16.5 Å². The largest absolute Gasteiger partial charge is 0.440 e. The van der Waals surface area contributed by atoms with E-state index in [2.05, 4.69) is 10.3 Å². The second-order valence-corrected chi connectivity index (χ2v) is 5.12. The molecule has 0 atom stereocenters. The summed E-state index contributed by atoms with van der Waals surface area (Å²) in [4.78, 5) is 4.50. The summed E-state index contributed by atoms with van der Waals surface area (Å²) in [7, 11) is 0. The van der Waals surface area contributed by atoms with Crippen LogP contribution < -0.4 is 5.32 Å². The van der Waals surface area contributed by atoms with Crippen LogP contribution in [0.2, 0.25) is 10.0 Å². The van der Waals surface area contributed by atoms with Gasteiger partial charge in [-0.1, -0.05) is 23.2 Å². The van der Waals surface area contributed by atoms with Crippen molar-refractivity contribution in [1.29, 1.82) is 0 Å². The zero-order valence-electron chi connectivity index (χ0n) is 9.17. The zero-order valence-corrected chi connectivity index (χ0v) is 10.7. The number of piperidine rings is 1. The number of halogens is 2. The molecule has 0 radical (unpaired) electrons. The molecule has 1 aromatic heterocycles. The summed E-state index contributed by atoms with van der Waals surface area (Å²) >= 11 is 11.9. The van der Waals surface area contributed by atoms with Crippen molar-refractivity contribution in [2.45, 2.75) is 18.8 Å². The van der Waals surface area contributed by atoms with Crippen LogP contribution in [0.3, 0.4) is 0 Å². The first-order chi connectivity index (χ1) is 8.24. The fourth-order valence-corrected chi connectivity index (χ4v) is 2.50. The van der Waals surface area contributed by atoms with Gasteiger partial charge in [0.25, 0.3) is 0 Å². The van der Waals surface area contributed by atoms with Gasteiger partial charge >= 0.3 is 0 Å². The van der Waals surface area contributed by atoms with E-state index in [0.29, 0.717) is 21.5 Å². The average molecular weight is 271 g/mol. The third-order valence-corrected chi connectivity index (χ3v) is 3.86. The maximum Gasteiger partial charge on any atom is 0.198 e. The predicted octanol–water partition coefficient (Wildman–Crippen LogP) is 3.60. The van der Waals surface area contributed by atoms with Crippen molar-refractivity contribution in [2.75, 3.05) is 13.1 Å². The number of aromatic nitrogens is 1. The lowest BCUT2D eigenvalue weighted by molar-refractivity contribution is 0.385. The quantitative estimate of drug-likeness (QED) is 0.861. The van der Waals surface area contributed by atoms with Crippen molar-refractivity contribution in [3.63, 3.8) is 0 Å². The third-order valence-electron chi connectivity index (χ3n) is 3.14. The highest BCUT2D eigenvalue weighted by Crippen LogP contribution is 2.32. The minimum absolute atomic E-state index is 0.404. The molecule has 90 valence electrons. The second-order valence-electron chi connectivity index (χ2n) is 4.31. The number of nitrogens with one attached hydrogen (secondary N) is 1. The summed E-state index contributed by atoms with van der Waals surface area (Å²) in [5.74, 6) is 1.21. The molecule has 0 spiro atoms. The van der Waals surface area contributed by atoms with Crippen molar-refractivity contribution in [1.82, 2.24) is 10.3 Å². The fraction of sp³-hybridized carbons (Fsp3) is 0.417. The third kappa shape index (κ3) is 2.15. The predicted molar refractivity (Wildman–Crippen MR) is 68.9 cm³/mol. The molecule has 1 fully saturated rings. The standard InChI is InChI=1S/C12H12Cl2N2O/c13-8-5-10-11(6-9(8)14)17-12(16-10)7-1-3-15-4-2-7/h5-7,15H,1-4H2. The Balaban J connectivity index is 2.00. The molecule has 0 unspecified atom stereocenters. The van der Waals surface area contributed by atoms with Crippen LogP contribution in [-0.2, 0) is 0 Å². The molecule has 1 aliphatic heterocycles. The van der Waals surface area contributed by atoms with Crippen molar-refractivity contribution >= 4 is 34.3 Å². The first-order valence-electron chi connectivity index (χ1n) is 5.70. The molecule has 3 rings (SSSR count). The Morgan fingerprint density at radius 2 is 1.88 bits per heavy atom. The smallest absolute Gasteiger partial charge is 0.198 e. The SMILES string of the molecule is Clc1cc2nc(C3CCNCC3)oc2cc1Cl. The van der Waals surface area contributed by atoms with Gasteiger partial charge in [0.2, 0.25) is 0 Å². The molecule has 2 heterocycles. The molecule has 0 bridgehead atoms. The Bertz CT molecular complexity index is 508. The first kappa shape index (κ1) is 11.3. The maximum atomic E-state index is 5.96. The summed E-state index contributed by atoms with van der Waals surface area (Å²) in [6.45, 7) is 2.04. The summed E-state index contributed by atoms with van der Waals surface area (Å²) in [5, 5.41) is 4.35. The van der Waals surface area contributed by atoms with Gasteiger partial charge in [-0.3, -0.25) is 0 Å². The van der Waals surface area contributed by atoms with E-state index >= 15 is 0 Å². The first-order valence-corrected chi connectivity index (χ1v) is 6.46. The van der Waals surface area contributed by atoms with Gasteiger partial charge in [-0.25, -0.2) is 4.98 Å². The van der Waals surface area contributed by atoms with Gasteiger partial charge in [0.05, 0.1) is 10.0 Å². The van der Waals surface area contributed by atoms with E-state index in [1.807, 2.05) is 0 Å². The van der Waals surface area contributed by atoms with Crippen LogP contribution in [0.5, 0.6) is 0 Å². The van der Waals surface area contributed by atoms with Gasteiger partial charge in [-0.05, 0) is 32.0 Å². The number of hydrogen-bond donors (Lipinski definition) is 1. The number of hydrogen-bond acceptors (Lipinski definition) is 3. The molecule has 0 aliphatic carbocycles. The van der Waals surface area contributed by atoms with E-state index in [4.69, 9.17) is 27.6 Å². The van der Waals surface area contributed by atoms with E-state index in [1.54, 1.807) is 12.1 Å². The lowest BCUT2D eigenvalue weighted by Gasteiger charge is -2.19. The number of nitrogens with zero attached hydrogens (tertiary/aromatic N) is 1. The molecule has 0 saturated carbocycles. The minimum Gasteiger partial charge on any atom is -0.440 e. The lowest BCUT2D eigenvalue weighted by Crippen LogP contribution is -2.26. The Morgan fingerprint density at radius 3 is 2.65 bits per heavy atom. The molecule has 1 saturated heterocycles. The van der Waals surface area contributed by atoms with Crippen LogP contribution in [0.4, 0.5) is 0 Å². The van der Waals surface area contributed by atoms with Crippen LogP contribution in [-0.4, -0.2) is 18.1 Å². The van der Waals surface area contributed by atoms with E-state index in [-0.39, 0.29) is 0 Å². The van der Waals surface area contributed by atoms with E-state index in [1.165, 1.54) is 0 Å². The van der Waals surface area contributed by atoms with E-state index in [9.17, 15) is 0 Å². The van der Waals surface area contributed by atoms with Crippen molar-refractivity contribution in [3.05, 3.63) is 28.1 Å². The van der Waals surface area contributed by atoms with Crippen LogP contribution >= 0.6 is 23.2 Å². The Kier molecular flexibility index (Phi) is 2.99. The Hall–Kier alpha value is -0.770. The molecule has 1 aromatic carbocycles. The van der Waals surface area contributed by atoms with Crippen molar-refractivity contribution in [2.24, 2.45) is 0 Å². The summed E-state index contributed by atoms with van der Waals surface area (Å²) < 4.78 is 5.76. The average Bonchev–Trinajstić information content (AvgIpc) is 2.74. The Labute approximate surface area is 109 Å². The van der Waals surface area contributed by atoms with Gasteiger partial charge < -0.3 is 9.73 Å². The van der Waals surface area contributed by atoms with Crippen LogP contribution in [0.1, 0.15) is 24.7 Å². The molecule has 0 amide bonds. The summed E-state index contributed by atoms with van der Waals surface area (Å²) in [6, 6.07) is 3.49. The van der Waals surface area contributed by atoms with Gasteiger partial charge in [0.1, 0.15) is 5.52 Å². The number of rotatable bonds is 1. The fourth-order valence-electron chi connectivity index (χ4n) is 2.18.